The Balaban J connectivity index is 1.52. The minimum atomic E-state index is -0.663. The van der Waals surface area contributed by atoms with Crippen molar-refractivity contribution < 1.29 is 19.1 Å². The number of nitrogens with zero attached hydrogens (tertiary/aromatic N) is 4. The third-order valence-electron chi connectivity index (χ3n) is 6.40. The number of aromatic nitrogens is 3. The molecule has 184 valence electrons. The summed E-state index contributed by atoms with van der Waals surface area (Å²) in [7, 11) is 1.95. The molecule has 5 rings (SSSR count). The number of fused-ring (bicyclic) bond motifs is 5. The molecule has 9 heteroatoms. The number of carbonyl (C=O) groups is 2. The van der Waals surface area contributed by atoms with Crippen molar-refractivity contribution in [3.8, 4) is 17.0 Å². The van der Waals surface area contributed by atoms with Crippen LogP contribution in [0.5, 0.6) is 5.88 Å². The van der Waals surface area contributed by atoms with Gasteiger partial charge in [-0.25, -0.2) is 9.78 Å². The summed E-state index contributed by atoms with van der Waals surface area (Å²) in [5.74, 6) is 0.254. The van der Waals surface area contributed by atoms with Crippen molar-refractivity contribution in [3.05, 3.63) is 42.2 Å². The minimum absolute atomic E-state index is 0.200. The third kappa shape index (κ3) is 4.67. The van der Waals surface area contributed by atoms with Crippen molar-refractivity contribution in [1.82, 2.24) is 25.0 Å². The maximum Gasteiger partial charge on any atom is 0.411 e. The van der Waals surface area contributed by atoms with E-state index in [4.69, 9.17) is 14.6 Å². The lowest BCUT2D eigenvalue weighted by atomic mass is 9.99. The largest absolute Gasteiger partial charge is 0.472 e. The van der Waals surface area contributed by atoms with Crippen LogP contribution < -0.4 is 10.1 Å². The zero-order chi connectivity index (χ0) is 24.7. The Morgan fingerprint density at radius 1 is 1.26 bits per heavy atom. The van der Waals surface area contributed by atoms with Crippen LogP contribution in [0.1, 0.15) is 39.3 Å². The van der Waals surface area contributed by atoms with Crippen molar-refractivity contribution in [1.29, 1.82) is 0 Å². The standard InChI is InChI=1S/C26H31N5O4/c1-26(2,3)35-25(33)31-15-17-14-21(31)24(32)28-11-6-9-20-23-18(7-5-8-19(23)29-30(20)4)16-10-12-27-22(13-16)34-17/h5,7-8,10,12-13,17,21H,6,9,11,14-15H2,1-4H3,(H,28,32)/t17-,21-/m0/s1. The van der Waals surface area contributed by atoms with Crippen LogP contribution in [-0.4, -0.2) is 62.5 Å². The van der Waals surface area contributed by atoms with Gasteiger partial charge in [0.2, 0.25) is 11.8 Å². The Kier molecular flexibility index (Phi) is 5.86. The molecule has 4 heterocycles. The molecule has 1 aromatic carbocycles. The molecule has 2 aliphatic heterocycles. The molecule has 0 unspecified atom stereocenters. The van der Waals surface area contributed by atoms with E-state index in [-0.39, 0.29) is 18.6 Å². The van der Waals surface area contributed by atoms with E-state index in [0.29, 0.717) is 18.8 Å². The number of amides is 2. The van der Waals surface area contributed by atoms with Crippen LogP contribution in [-0.2, 0) is 23.0 Å². The number of hydrogen-bond acceptors (Lipinski definition) is 6. The van der Waals surface area contributed by atoms with Gasteiger partial charge in [-0.2, -0.15) is 5.10 Å². The maximum atomic E-state index is 13.1. The summed E-state index contributed by atoms with van der Waals surface area (Å²) in [5.41, 5.74) is 3.43. The first-order valence-corrected chi connectivity index (χ1v) is 12.0. The molecule has 1 fully saturated rings. The first-order chi connectivity index (χ1) is 16.7. The van der Waals surface area contributed by atoms with E-state index < -0.39 is 17.7 Å². The Morgan fingerprint density at radius 2 is 2.09 bits per heavy atom. The van der Waals surface area contributed by atoms with Crippen LogP contribution in [0.25, 0.3) is 22.0 Å². The molecule has 1 N–H and O–H groups in total. The van der Waals surface area contributed by atoms with Crippen LogP contribution >= 0.6 is 0 Å². The topological polar surface area (TPSA) is 98.6 Å². The summed E-state index contributed by atoms with van der Waals surface area (Å²) >= 11 is 0. The summed E-state index contributed by atoms with van der Waals surface area (Å²) < 4.78 is 13.7. The Hall–Kier alpha value is -3.62. The van der Waals surface area contributed by atoms with Crippen LogP contribution in [0.2, 0.25) is 0 Å². The average Bonchev–Trinajstić information content (AvgIpc) is 3.35. The molecule has 2 aromatic heterocycles. The van der Waals surface area contributed by atoms with Gasteiger partial charge in [-0.1, -0.05) is 12.1 Å². The van der Waals surface area contributed by atoms with Crippen molar-refractivity contribution in [3.63, 3.8) is 0 Å². The van der Waals surface area contributed by atoms with Crippen molar-refractivity contribution in [2.75, 3.05) is 13.1 Å². The molecule has 2 amide bonds. The summed E-state index contributed by atoms with van der Waals surface area (Å²) in [5, 5.41) is 8.82. The molecule has 2 aliphatic rings. The van der Waals surface area contributed by atoms with E-state index in [0.717, 1.165) is 40.6 Å². The maximum absolute atomic E-state index is 13.1. The van der Waals surface area contributed by atoms with Crippen molar-refractivity contribution in [2.45, 2.75) is 57.8 Å². The molecule has 0 radical (unpaired) electrons. The highest BCUT2D eigenvalue weighted by atomic mass is 16.6. The fourth-order valence-corrected chi connectivity index (χ4v) is 4.89. The SMILES string of the molecule is Cn1nc2cccc3c2c1CCCNC(=O)[C@@H]1C[C@@H](CN1C(=O)OC(C)(C)C)Oc1cc-3ccn1. The van der Waals surface area contributed by atoms with E-state index in [9.17, 15) is 9.59 Å². The molecule has 35 heavy (non-hydrogen) atoms. The average molecular weight is 478 g/mol. The molecular weight excluding hydrogens is 446 g/mol. The highest BCUT2D eigenvalue weighted by Gasteiger charge is 2.42. The summed E-state index contributed by atoms with van der Waals surface area (Å²) in [6, 6.07) is 9.32. The number of pyridine rings is 1. The van der Waals surface area contributed by atoms with Gasteiger partial charge in [-0.15, -0.1) is 0 Å². The van der Waals surface area contributed by atoms with Crippen LogP contribution in [0, 0.1) is 0 Å². The van der Waals surface area contributed by atoms with Crippen LogP contribution in [0.15, 0.2) is 36.5 Å². The number of likely N-dealkylation sites (tertiary alicyclic amines) is 1. The van der Waals surface area contributed by atoms with Gasteiger partial charge in [0.15, 0.2) is 0 Å². The van der Waals surface area contributed by atoms with Gasteiger partial charge in [-0.05, 0) is 56.9 Å². The summed E-state index contributed by atoms with van der Waals surface area (Å²) in [4.78, 5) is 31.9. The smallest absolute Gasteiger partial charge is 0.411 e. The fraction of sp³-hybridized carbons (Fsp3) is 0.462. The zero-order valence-corrected chi connectivity index (χ0v) is 20.6. The lowest BCUT2D eigenvalue weighted by Crippen LogP contribution is -2.47. The number of hydrogen-bond donors (Lipinski definition) is 1. The van der Waals surface area contributed by atoms with Crippen molar-refractivity contribution in [2.24, 2.45) is 7.05 Å². The monoisotopic (exact) mass is 477 g/mol. The zero-order valence-electron chi connectivity index (χ0n) is 20.6. The van der Waals surface area contributed by atoms with Crippen molar-refractivity contribution >= 4 is 22.9 Å². The van der Waals surface area contributed by atoms with Gasteiger partial charge in [0.1, 0.15) is 17.7 Å². The lowest BCUT2D eigenvalue weighted by Gasteiger charge is -2.27. The molecule has 3 aromatic rings. The van der Waals surface area contributed by atoms with E-state index in [1.165, 1.54) is 4.90 Å². The van der Waals surface area contributed by atoms with Gasteiger partial charge in [0.25, 0.3) is 0 Å². The Morgan fingerprint density at radius 3 is 2.89 bits per heavy atom. The second-order valence-corrected chi connectivity index (χ2v) is 10.2. The molecule has 9 nitrogen and oxygen atoms in total. The Labute approximate surface area is 204 Å². The van der Waals surface area contributed by atoms with E-state index in [2.05, 4.69) is 16.4 Å². The lowest BCUT2D eigenvalue weighted by molar-refractivity contribution is -0.125. The molecule has 2 atom stereocenters. The van der Waals surface area contributed by atoms with Gasteiger partial charge in [0.05, 0.1) is 12.1 Å². The number of benzene rings is 1. The first kappa shape index (κ1) is 23.1. The van der Waals surface area contributed by atoms with Crippen LogP contribution in [0.4, 0.5) is 4.79 Å². The molecule has 1 saturated heterocycles. The van der Waals surface area contributed by atoms with Gasteiger partial charge in [0, 0.05) is 43.4 Å². The summed E-state index contributed by atoms with van der Waals surface area (Å²) in [6.45, 7) is 6.18. The second kappa shape index (κ2) is 8.87. The van der Waals surface area contributed by atoms with Gasteiger partial charge < -0.3 is 14.8 Å². The number of ether oxygens (including phenoxy) is 2. The normalized spacial score (nSPS) is 20.6. The van der Waals surface area contributed by atoms with E-state index in [1.54, 1.807) is 6.20 Å². The summed E-state index contributed by atoms with van der Waals surface area (Å²) in [6.07, 6.45) is 2.70. The predicted octanol–water partition coefficient (Wildman–Crippen LogP) is 3.45. The molecule has 0 saturated carbocycles. The fourth-order valence-electron chi connectivity index (χ4n) is 4.89. The second-order valence-electron chi connectivity index (χ2n) is 10.2. The quantitative estimate of drug-likeness (QED) is 0.533. The van der Waals surface area contributed by atoms with E-state index in [1.807, 2.05) is 56.8 Å². The molecule has 4 bridgehead atoms. The number of nitrogens with one attached hydrogen (secondary N) is 1. The van der Waals surface area contributed by atoms with E-state index >= 15 is 0 Å². The third-order valence-corrected chi connectivity index (χ3v) is 6.40. The molecule has 0 aliphatic carbocycles. The minimum Gasteiger partial charge on any atom is -0.472 e. The van der Waals surface area contributed by atoms with Gasteiger partial charge in [-0.3, -0.25) is 14.4 Å². The highest BCUT2D eigenvalue weighted by molar-refractivity contribution is 5.97. The predicted molar refractivity (Wildman–Crippen MR) is 131 cm³/mol. The van der Waals surface area contributed by atoms with Crippen LogP contribution in [0.3, 0.4) is 0 Å². The number of aryl methyl sites for hydroxylation is 2. The highest BCUT2D eigenvalue weighted by Crippen LogP contribution is 2.33. The number of carbonyl (C=O) groups excluding carboxylic acids is 2. The molecular formula is C26H31N5O4. The molecule has 0 spiro atoms. The number of rotatable bonds is 0. The Bertz CT molecular complexity index is 1280. The van der Waals surface area contributed by atoms with Gasteiger partial charge >= 0.3 is 6.09 Å². The first-order valence-electron chi connectivity index (χ1n) is 12.0.